The maximum Gasteiger partial charge on any atom is 0.0639 e. The van der Waals surface area contributed by atoms with Gasteiger partial charge >= 0.3 is 0 Å². The minimum atomic E-state index is 0.847. The summed E-state index contributed by atoms with van der Waals surface area (Å²) in [6.45, 7) is 0. The zero-order chi connectivity index (χ0) is 8.43. The number of anilines is 1. The minimum absolute atomic E-state index is 0.847. The number of hydrazine groups is 1. The van der Waals surface area contributed by atoms with E-state index < -0.39 is 0 Å². The van der Waals surface area contributed by atoms with Crippen LogP contribution in [0.1, 0.15) is 0 Å². The molecule has 0 amide bonds. The van der Waals surface area contributed by atoms with Gasteiger partial charge in [0.05, 0.1) is 10.2 Å². The first kappa shape index (κ1) is 9.51. The summed E-state index contributed by atoms with van der Waals surface area (Å²) in [5.74, 6) is 5.25. The zero-order valence-electron chi connectivity index (χ0n) is 5.37. The first-order valence-electron chi connectivity index (χ1n) is 2.77. The largest absolute Gasteiger partial charge is 0.323 e. The molecule has 60 valence electrons. The number of hydrogen-bond donors (Lipinski definition) is 2. The average molecular weight is 345 g/mol. The normalized spacial score (nSPS) is 9.82. The van der Waals surface area contributed by atoms with Crippen LogP contribution in [-0.2, 0) is 0 Å². The first-order valence-corrected chi connectivity index (χ1v) is 5.15. The Morgan fingerprint density at radius 2 is 1.73 bits per heavy atom. The van der Waals surface area contributed by atoms with Crippen molar-refractivity contribution in [1.29, 1.82) is 0 Å². The van der Waals surface area contributed by atoms with Crippen LogP contribution in [0.4, 0.5) is 5.69 Å². The van der Waals surface area contributed by atoms with Gasteiger partial charge in [-0.25, -0.2) is 0 Å². The molecular formula is C6H5Br3N2. The number of rotatable bonds is 1. The molecule has 0 aliphatic carbocycles. The zero-order valence-corrected chi connectivity index (χ0v) is 10.1. The Labute approximate surface area is 89.9 Å². The van der Waals surface area contributed by atoms with Gasteiger partial charge in [0.2, 0.25) is 0 Å². The fraction of sp³-hybridized carbons (Fsp3) is 0. The van der Waals surface area contributed by atoms with Crippen LogP contribution in [0.25, 0.3) is 0 Å². The quantitative estimate of drug-likeness (QED) is 0.466. The van der Waals surface area contributed by atoms with Gasteiger partial charge in [-0.2, -0.15) is 0 Å². The van der Waals surface area contributed by atoms with Gasteiger partial charge in [0.25, 0.3) is 0 Å². The van der Waals surface area contributed by atoms with Crippen LogP contribution in [0.3, 0.4) is 0 Å². The Morgan fingerprint density at radius 1 is 1.09 bits per heavy atom. The fourth-order valence-electron chi connectivity index (χ4n) is 0.637. The molecule has 3 N–H and O–H groups in total. The summed E-state index contributed by atoms with van der Waals surface area (Å²) >= 11 is 10.1. The van der Waals surface area contributed by atoms with Crippen molar-refractivity contribution >= 4 is 53.5 Å². The minimum Gasteiger partial charge on any atom is -0.323 e. The van der Waals surface area contributed by atoms with Crippen molar-refractivity contribution in [2.45, 2.75) is 0 Å². The molecule has 0 radical (unpaired) electrons. The molecule has 1 rings (SSSR count). The highest BCUT2D eigenvalue weighted by Crippen LogP contribution is 2.35. The van der Waals surface area contributed by atoms with Gasteiger partial charge in [0, 0.05) is 8.95 Å². The van der Waals surface area contributed by atoms with E-state index in [0.29, 0.717) is 0 Å². The van der Waals surface area contributed by atoms with Crippen LogP contribution in [0, 0.1) is 0 Å². The lowest BCUT2D eigenvalue weighted by atomic mass is 10.3. The van der Waals surface area contributed by atoms with Crippen molar-refractivity contribution in [2.75, 3.05) is 5.43 Å². The molecule has 0 unspecified atom stereocenters. The molecule has 0 aromatic heterocycles. The third kappa shape index (κ3) is 1.96. The highest BCUT2D eigenvalue weighted by molar-refractivity contribution is 9.14. The van der Waals surface area contributed by atoms with Gasteiger partial charge in [-0.3, -0.25) is 5.84 Å². The smallest absolute Gasteiger partial charge is 0.0639 e. The van der Waals surface area contributed by atoms with E-state index in [1.165, 1.54) is 0 Å². The number of halogens is 3. The van der Waals surface area contributed by atoms with Crippen molar-refractivity contribution in [2.24, 2.45) is 5.84 Å². The lowest BCUT2D eigenvalue weighted by Gasteiger charge is -2.05. The second kappa shape index (κ2) is 3.89. The molecule has 2 nitrogen and oxygen atoms in total. The molecular weight excluding hydrogens is 340 g/mol. The molecule has 1 aromatic rings. The molecule has 1 aromatic carbocycles. The summed E-state index contributed by atoms with van der Waals surface area (Å²) in [6.07, 6.45) is 0. The van der Waals surface area contributed by atoms with E-state index in [-0.39, 0.29) is 0 Å². The summed E-state index contributed by atoms with van der Waals surface area (Å²) in [5, 5.41) is 0. The Hall–Kier alpha value is 0.420. The molecule has 0 saturated carbocycles. The van der Waals surface area contributed by atoms with Crippen molar-refractivity contribution < 1.29 is 0 Å². The molecule has 0 aliphatic heterocycles. The van der Waals surface area contributed by atoms with E-state index in [1.54, 1.807) is 0 Å². The third-order valence-electron chi connectivity index (χ3n) is 1.19. The van der Waals surface area contributed by atoms with Crippen LogP contribution in [0.2, 0.25) is 0 Å². The average Bonchev–Trinajstić information content (AvgIpc) is 2.01. The summed E-state index contributed by atoms with van der Waals surface area (Å²) in [6, 6.07) is 3.78. The van der Waals surface area contributed by atoms with Crippen LogP contribution >= 0.6 is 47.8 Å². The number of nitrogens with one attached hydrogen (secondary N) is 1. The van der Waals surface area contributed by atoms with Gasteiger partial charge in [0.15, 0.2) is 0 Å². The molecule has 5 heteroatoms. The van der Waals surface area contributed by atoms with Crippen molar-refractivity contribution in [3.63, 3.8) is 0 Å². The molecule has 0 bridgehead atoms. The molecule has 0 fully saturated rings. The Bertz CT molecular complexity index is 275. The number of benzene rings is 1. The number of hydrogen-bond acceptors (Lipinski definition) is 2. The summed E-state index contributed by atoms with van der Waals surface area (Å²) in [5.41, 5.74) is 3.41. The van der Waals surface area contributed by atoms with Gasteiger partial charge in [-0.1, -0.05) is 0 Å². The molecule has 11 heavy (non-hydrogen) atoms. The Kier molecular flexibility index (Phi) is 3.36. The van der Waals surface area contributed by atoms with Crippen LogP contribution in [0.5, 0.6) is 0 Å². The lowest BCUT2D eigenvalue weighted by Crippen LogP contribution is -2.07. The fourth-order valence-corrected chi connectivity index (χ4v) is 2.04. The molecule has 0 spiro atoms. The van der Waals surface area contributed by atoms with Crippen LogP contribution in [-0.4, -0.2) is 0 Å². The van der Waals surface area contributed by atoms with E-state index in [9.17, 15) is 0 Å². The van der Waals surface area contributed by atoms with E-state index in [4.69, 9.17) is 5.84 Å². The second-order valence-corrected chi connectivity index (χ2v) is 4.31. The lowest BCUT2D eigenvalue weighted by molar-refractivity contribution is 1.33. The maximum atomic E-state index is 5.25. The Balaban J connectivity index is 3.25. The standard InChI is InChI=1S/C6H5Br3N2/c7-3-1-2-4(11-10)6(9)5(3)8/h1-2,11H,10H2. The van der Waals surface area contributed by atoms with E-state index >= 15 is 0 Å². The predicted molar refractivity (Wildman–Crippen MR) is 57.4 cm³/mol. The summed E-state index contributed by atoms with van der Waals surface area (Å²) in [7, 11) is 0. The molecule has 0 heterocycles. The van der Waals surface area contributed by atoms with E-state index in [0.717, 1.165) is 19.1 Å². The maximum absolute atomic E-state index is 5.25. The molecule has 0 saturated heterocycles. The summed E-state index contributed by atoms with van der Waals surface area (Å²) < 4.78 is 2.85. The second-order valence-electron chi connectivity index (χ2n) is 1.87. The monoisotopic (exact) mass is 342 g/mol. The van der Waals surface area contributed by atoms with Gasteiger partial charge in [-0.15, -0.1) is 0 Å². The van der Waals surface area contributed by atoms with Crippen molar-refractivity contribution in [3.05, 3.63) is 25.6 Å². The molecule has 0 atom stereocenters. The topological polar surface area (TPSA) is 38.0 Å². The van der Waals surface area contributed by atoms with Gasteiger partial charge < -0.3 is 5.43 Å². The van der Waals surface area contributed by atoms with Crippen LogP contribution in [0.15, 0.2) is 25.6 Å². The highest BCUT2D eigenvalue weighted by atomic mass is 79.9. The van der Waals surface area contributed by atoms with Crippen molar-refractivity contribution in [3.8, 4) is 0 Å². The highest BCUT2D eigenvalue weighted by Gasteiger charge is 2.05. The van der Waals surface area contributed by atoms with E-state index in [2.05, 4.69) is 53.2 Å². The number of nitrogen functional groups attached to an aromatic ring is 1. The Morgan fingerprint density at radius 3 is 2.27 bits per heavy atom. The van der Waals surface area contributed by atoms with Gasteiger partial charge in [0.1, 0.15) is 0 Å². The van der Waals surface area contributed by atoms with Crippen LogP contribution < -0.4 is 11.3 Å². The number of nitrogens with two attached hydrogens (primary N) is 1. The van der Waals surface area contributed by atoms with Crippen molar-refractivity contribution in [1.82, 2.24) is 0 Å². The molecule has 0 aliphatic rings. The summed E-state index contributed by atoms with van der Waals surface area (Å²) in [4.78, 5) is 0. The SMILES string of the molecule is NNc1ccc(Br)c(Br)c1Br. The first-order chi connectivity index (χ1) is 5.16. The predicted octanol–water partition coefficient (Wildman–Crippen LogP) is 3.26. The van der Waals surface area contributed by atoms with Gasteiger partial charge in [-0.05, 0) is 59.9 Å². The van der Waals surface area contributed by atoms with E-state index in [1.807, 2.05) is 12.1 Å². The third-order valence-corrected chi connectivity index (χ3v) is 4.56.